The van der Waals surface area contributed by atoms with Gasteiger partial charge in [-0.05, 0) is 23.9 Å². The molecule has 2 rings (SSSR count). The Labute approximate surface area is 85.4 Å². The first-order chi connectivity index (χ1) is 6.75. The first-order valence-electron chi connectivity index (χ1n) is 3.99. The molecule has 2 heterocycles. The lowest BCUT2D eigenvalue weighted by molar-refractivity contribution is 0.685. The van der Waals surface area contributed by atoms with E-state index in [0.29, 0.717) is 5.82 Å². The van der Waals surface area contributed by atoms with Crippen molar-refractivity contribution in [3.8, 4) is 0 Å². The van der Waals surface area contributed by atoms with Gasteiger partial charge in [-0.1, -0.05) is 0 Å². The van der Waals surface area contributed by atoms with E-state index in [1.165, 1.54) is 18.1 Å². The van der Waals surface area contributed by atoms with E-state index in [0.717, 1.165) is 10.1 Å². The lowest BCUT2D eigenvalue weighted by Crippen LogP contribution is -1.93. The van der Waals surface area contributed by atoms with Gasteiger partial charge in [0, 0.05) is 18.1 Å². The predicted molar refractivity (Wildman–Crippen MR) is 53.8 cm³/mol. The molecule has 14 heavy (non-hydrogen) atoms. The highest BCUT2D eigenvalue weighted by Gasteiger charge is 2.03. The van der Waals surface area contributed by atoms with Gasteiger partial charge in [-0.3, -0.25) is 0 Å². The molecule has 0 spiro atoms. The Balaban J connectivity index is 2.23. The molecule has 0 saturated heterocycles. The van der Waals surface area contributed by atoms with E-state index < -0.39 is 0 Å². The van der Waals surface area contributed by atoms with Crippen LogP contribution in [0.5, 0.6) is 0 Å². The summed E-state index contributed by atoms with van der Waals surface area (Å²) in [6, 6.07) is 3.69. The van der Waals surface area contributed by atoms with E-state index in [4.69, 9.17) is 5.73 Å². The molecule has 72 valence electrons. The molecule has 0 saturated carbocycles. The molecule has 2 aromatic heterocycles. The summed E-state index contributed by atoms with van der Waals surface area (Å²) in [6.07, 6.45) is 3.20. The topological polar surface area (TPSA) is 69.6 Å². The van der Waals surface area contributed by atoms with Crippen molar-refractivity contribution in [1.82, 2.24) is 19.7 Å². The van der Waals surface area contributed by atoms with Crippen molar-refractivity contribution in [2.75, 3.05) is 5.73 Å². The Morgan fingerprint density at radius 2 is 2.29 bits per heavy atom. The lowest BCUT2D eigenvalue weighted by Gasteiger charge is -2.00. The Morgan fingerprint density at radius 1 is 1.43 bits per heavy atom. The van der Waals surface area contributed by atoms with E-state index in [2.05, 4.69) is 15.1 Å². The van der Waals surface area contributed by atoms with Crippen LogP contribution in [-0.4, -0.2) is 19.7 Å². The third-order valence-electron chi connectivity index (χ3n) is 1.63. The predicted octanol–water partition coefficient (Wildman–Crippen LogP) is 0.944. The van der Waals surface area contributed by atoms with Gasteiger partial charge < -0.3 is 5.73 Å². The quantitative estimate of drug-likeness (QED) is 0.793. The number of rotatable bonds is 2. The van der Waals surface area contributed by atoms with Crippen molar-refractivity contribution in [2.45, 2.75) is 10.1 Å². The minimum atomic E-state index is 0.511. The van der Waals surface area contributed by atoms with E-state index in [1.807, 2.05) is 13.1 Å². The molecule has 0 amide bonds. The average Bonchev–Trinajstić information content (AvgIpc) is 2.52. The van der Waals surface area contributed by atoms with Crippen molar-refractivity contribution in [2.24, 2.45) is 7.05 Å². The van der Waals surface area contributed by atoms with Gasteiger partial charge in [0.25, 0.3) is 0 Å². The molecular weight excluding hydrogens is 198 g/mol. The van der Waals surface area contributed by atoms with Crippen LogP contribution in [0.1, 0.15) is 0 Å². The largest absolute Gasteiger partial charge is 0.384 e. The summed E-state index contributed by atoms with van der Waals surface area (Å²) in [5.74, 6) is 0.511. The molecule has 6 heteroatoms. The second-order valence-corrected chi connectivity index (χ2v) is 3.73. The van der Waals surface area contributed by atoms with Crippen LogP contribution in [0.4, 0.5) is 5.82 Å². The summed E-state index contributed by atoms with van der Waals surface area (Å²) in [5, 5.41) is 4.80. The van der Waals surface area contributed by atoms with Crippen LogP contribution in [0.3, 0.4) is 0 Å². The fourth-order valence-electron chi connectivity index (χ4n) is 0.975. The number of nitrogen functional groups attached to an aromatic ring is 1. The third-order valence-corrected chi connectivity index (χ3v) is 2.67. The van der Waals surface area contributed by atoms with Crippen LogP contribution in [-0.2, 0) is 7.05 Å². The summed E-state index contributed by atoms with van der Waals surface area (Å²) in [7, 11) is 1.85. The van der Waals surface area contributed by atoms with Crippen molar-refractivity contribution in [1.29, 1.82) is 0 Å². The Bertz CT molecular complexity index is 439. The molecule has 0 radical (unpaired) electrons. The fraction of sp³-hybridized carbons (Fsp3) is 0.125. The molecule has 0 aliphatic heterocycles. The molecule has 2 aromatic rings. The molecule has 0 aliphatic rings. The lowest BCUT2D eigenvalue weighted by atomic mass is 10.5. The van der Waals surface area contributed by atoms with Crippen molar-refractivity contribution in [3.05, 3.63) is 24.7 Å². The standard InChI is InChI=1S/C8H9N5S/c1-13-8(11-5-12-13)14-6-2-3-10-7(9)4-6/h2-5H,1H3,(H2,9,10). The Hall–Kier alpha value is -1.56. The molecule has 0 atom stereocenters. The molecule has 0 aromatic carbocycles. The first-order valence-corrected chi connectivity index (χ1v) is 4.81. The minimum absolute atomic E-state index is 0.511. The smallest absolute Gasteiger partial charge is 0.190 e. The second-order valence-electron chi connectivity index (χ2n) is 2.68. The first kappa shape index (κ1) is 9.01. The molecule has 0 unspecified atom stereocenters. The fourth-order valence-corrected chi connectivity index (χ4v) is 1.77. The number of hydrogen-bond donors (Lipinski definition) is 1. The van der Waals surface area contributed by atoms with Crippen LogP contribution in [0.25, 0.3) is 0 Å². The molecule has 0 bridgehead atoms. The van der Waals surface area contributed by atoms with E-state index >= 15 is 0 Å². The van der Waals surface area contributed by atoms with Gasteiger partial charge in [-0.2, -0.15) is 5.10 Å². The molecule has 5 nitrogen and oxygen atoms in total. The number of nitrogens with two attached hydrogens (primary N) is 1. The maximum absolute atomic E-state index is 5.56. The highest BCUT2D eigenvalue weighted by atomic mass is 32.2. The van der Waals surface area contributed by atoms with Gasteiger partial charge in [0.15, 0.2) is 5.16 Å². The molecule has 0 fully saturated rings. The van der Waals surface area contributed by atoms with Crippen LogP contribution >= 0.6 is 11.8 Å². The SMILES string of the molecule is Cn1ncnc1Sc1ccnc(N)c1. The van der Waals surface area contributed by atoms with Crippen molar-refractivity contribution in [3.63, 3.8) is 0 Å². The number of pyridine rings is 1. The third kappa shape index (κ3) is 1.85. The monoisotopic (exact) mass is 207 g/mol. The highest BCUT2D eigenvalue weighted by Crippen LogP contribution is 2.25. The maximum Gasteiger partial charge on any atom is 0.190 e. The van der Waals surface area contributed by atoms with Gasteiger partial charge in [-0.15, -0.1) is 0 Å². The zero-order chi connectivity index (χ0) is 9.97. The minimum Gasteiger partial charge on any atom is -0.384 e. The summed E-state index contributed by atoms with van der Waals surface area (Å²) in [6.45, 7) is 0. The van der Waals surface area contributed by atoms with Gasteiger partial charge in [0.1, 0.15) is 12.1 Å². The van der Waals surface area contributed by atoms with Crippen LogP contribution in [0.15, 0.2) is 34.7 Å². The zero-order valence-electron chi connectivity index (χ0n) is 7.58. The molecular formula is C8H9N5S. The van der Waals surface area contributed by atoms with Gasteiger partial charge in [-0.25, -0.2) is 14.6 Å². The number of aryl methyl sites for hydroxylation is 1. The highest BCUT2D eigenvalue weighted by molar-refractivity contribution is 7.99. The maximum atomic E-state index is 5.56. The zero-order valence-corrected chi connectivity index (χ0v) is 8.40. The van der Waals surface area contributed by atoms with Crippen molar-refractivity contribution >= 4 is 17.6 Å². The van der Waals surface area contributed by atoms with Gasteiger partial charge >= 0.3 is 0 Å². The van der Waals surface area contributed by atoms with E-state index in [9.17, 15) is 0 Å². The Morgan fingerprint density at radius 3 is 2.93 bits per heavy atom. The number of nitrogens with zero attached hydrogens (tertiary/aromatic N) is 4. The molecule has 2 N–H and O–H groups in total. The average molecular weight is 207 g/mol. The normalized spacial score (nSPS) is 10.4. The summed E-state index contributed by atoms with van der Waals surface area (Å²) >= 11 is 1.50. The number of hydrogen-bond acceptors (Lipinski definition) is 5. The number of aromatic nitrogens is 4. The summed E-state index contributed by atoms with van der Waals surface area (Å²) < 4.78 is 1.71. The van der Waals surface area contributed by atoms with Gasteiger partial charge in [0.2, 0.25) is 0 Å². The van der Waals surface area contributed by atoms with E-state index in [1.54, 1.807) is 16.9 Å². The number of anilines is 1. The second kappa shape index (κ2) is 3.67. The summed E-state index contributed by atoms with van der Waals surface area (Å²) in [4.78, 5) is 9.02. The van der Waals surface area contributed by atoms with Gasteiger partial charge in [0.05, 0.1) is 0 Å². The van der Waals surface area contributed by atoms with E-state index in [-0.39, 0.29) is 0 Å². The van der Waals surface area contributed by atoms with Crippen molar-refractivity contribution < 1.29 is 0 Å². The van der Waals surface area contributed by atoms with Crippen LogP contribution < -0.4 is 5.73 Å². The van der Waals surface area contributed by atoms with Crippen LogP contribution in [0.2, 0.25) is 0 Å². The summed E-state index contributed by atoms with van der Waals surface area (Å²) in [5.41, 5.74) is 5.56. The van der Waals surface area contributed by atoms with Crippen LogP contribution in [0, 0.1) is 0 Å². The Kier molecular flexibility index (Phi) is 2.36. The molecule has 0 aliphatic carbocycles.